The lowest BCUT2D eigenvalue weighted by Crippen LogP contribution is -2.55. The molecule has 0 bridgehead atoms. The third kappa shape index (κ3) is 4.94. The summed E-state index contributed by atoms with van der Waals surface area (Å²) in [7, 11) is -4.06. The zero-order valence-electron chi connectivity index (χ0n) is 17.4. The van der Waals surface area contributed by atoms with Crippen molar-refractivity contribution in [2.24, 2.45) is 5.92 Å². The summed E-state index contributed by atoms with van der Waals surface area (Å²) in [4.78, 5) is 34.2. The standard InChI is InChI=1S/C20H21N5O6S/c1-3-31-20(28)15-7-13(8-21)18(23-12(15)2)25-9-14(10-25)19(27)24-32(29,30)11-16-17(26)5-4-6-22-16/h4-7,14,26H,3,9-11H2,1-2H3,(H,24,27). The third-order valence-electron chi connectivity index (χ3n) is 4.81. The Morgan fingerprint density at radius 2 is 2.12 bits per heavy atom. The molecule has 1 aliphatic rings. The second kappa shape index (κ2) is 9.19. The van der Waals surface area contributed by atoms with Gasteiger partial charge >= 0.3 is 5.97 Å². The summed E-state index contributed by atoms with van der Waals surface area (Å²) >= 11 is 0. The molecule has 0 saturated carbocycles. The van der Waals surface area contributed by atoms with Crippen molar-refractivity contribution in [1.82, 2.24) is 14.7 Å². The molecule has 0 spiro atoms. The first-order valence-corrected chi connectivity index (χ1v) is 11.3. The van der Waals surface area contributed by atoms with Crippen LogP contribution in [0.25, 0.3) is 0 Å². The van der Waals surface area contributed by atoms with Gasteiger partial charge in [-0.2, -0.15) is 5.26 Å². The van der Waals surface area contributed by atoms with Crippen LogP contribution in [0.3, 0.4) is 0 Å². The van der Waals surface area contributed by atoms with Crippen LogP contribution >= 0.6 is 0 Å². The van der Waals surface area contributed by atoms with Crippen molar-refractivity contribution in [3.8, 4) is 11.8 Å². The summed E-state index contributed by atoms with van der Waals surface area (Å²) in [6.45, 7) is 3.77. The number of hydrogen-bond donors (Lipinski definition) is 2. The highest BCUT2D eigenvalue weighted by molar-refractivity contribution is 7.89. The number of aromatic nitrogens is 2. The van der Waals surface area contributed by atoms with Gasteiger partial charge in [0, 0.05) is 19.3 Å². The fourth-order valence-electron chi connectivity index (χ4n) is 3.14. The highest BCUT2D eigenvalue weighted by Gasteiger charge is 2.37. The number of nitrogens with zero attached hydrogens (tertiary/aromatic N) is 4. The van der Waals surface area contributed by atoms with Crippen LogP contribution in [0.2, 0.25) is 0 Å². The molecule has 1 amide bonds. The second-order valence-corrected chi connectivity index (χ2v) is 8.84. The van der Waals surface area contributed by atoms with E-state index in [1.807, 2.05) is 10.8 Å². The number of aromatic hydroxyl groups is 1. The Bertz CT molecular complexity index is 1200. The largest absolute Gasteiger partial charge is 0.506 e. The lowest BCUT2D eigenvalue weighted by molar-refractivity contribution is -0.123. The van der Waals surface area contributed by atoms with Crippen molar-refractivity contribution in [3.05, 3.63) is 46.9 Å². The smallest absolute Gasteiger partial charge is 0.340 e. The summed E-state index contributed by atoms with van der Waals surface area (Å²) in [5, 5.41) is 19.1. The van der Waals surface area contributed by atoms with E-state index in [2.05, 4.69) is 9.97 Å². The molecule has 0 radical (unpaired) electrons. The van der Waals surface area contributed by atoms with E-state index in [1.165, 1.54) is 24.4 Å². The van der Waals surface area contributed by atoms with Crippen molar-refractivity contribution < 1.29 is 27.9 Å². The first-order chi connectivity index (χ1) is 15.1. The number of rotatable bonds is 7. The quantitative estimate of drug-likeness (QED) is 0.561. The summed E-state index contributed by atoms with van der Waals surface area (Å²) in [6.07, 6.45) is 1.34. The Morgan fingerprint density at radius 3 is 2.75 bits per heavy atom. The Morgan fingerprint density at radius 1 is 1.41 bits per heavy atom. The molecule has 0 unspecified atom stereocenters. The number of hydrogen-bond acceptors (Lipinski definition) is 10. The van der Waals surface area contributed by atoms with Crippen molar-refractivity contribution in [3.63, 3.8) is 0 Å². The van der Waals surface area contributed by atoms with Gasteiger partial charge in [-0.1, -0.05) is 0 Å². The molecule has 0 atom stereocenters. The van der Waals surface area contributed by atoms with Gasteiger partial charge in [0.05, 0.1) is 35.0 Å². The molecule has 2 aromatic heterocycles. The molecule has 1 fully saturated rings. The van der Waals surface area contributed by atoms with Gasteiger partial charge in [0.25, 0.3) is 0 Å². The summed E-state index contributed by atoms with van der Waals surface area (Å²) < 4.78 is 31.5. The molecule has 12 heteroatoms. The van der Waals surface area contributed by atoms with E-state index in [0.29, 0.717) is 11.5 Å². The van der Waals surface area contributed by atoms with Crippen molar-refractivity contribution in [2.75, 3.05) is 24.6 Å². The molecule has 2 aromatic rings. The van der Waals surface area contributed by atoms with Crippen LogP contribution < -0.4 is 9.62 Å². The van der Waals surface area contributed by atoms with Crippen molar-refractivity contribution >= 4 is 27.7 Å². The molecule has 2 N–H and O–H groups in total. The highest BCUT2D eigenvalue weighted by Crippen LogP contribution is 2.28. The topological polar surface area (TPSA) is 163 Å². The maximum atomic E-state index is 12.4. The van der Waals surface area contributed by atoms with Crippen LogP contribution in [-0.4, -0.2) is 55.1 Å². The number of sulfonamides is 1. The van der Waals surface area contributed by atoms with Crippen LogP contribution in [-0.2, 0) is 25.3 Å². The van der Waals surface area contributed by atoms with Crippen LogP contribution in [0.15, 0.2) is 24.4 Å². The predicted octanol–water partition coefficient (Wildman–Crippen LogP) is 0.621. The van der Waals surface area contributed by atoms with E-state index in [1.54, 1.807) is 18.7 Å². The summed E-state index contributed by atoms with van der Waals surface area (Å²) in [6, 6.07) is 6.14. The molecule has 3 rings (SSSR count). The molecule has 1 aliphatic heterocycles. The first kappa shape index (κ1) is 23.0. The number of nitriles is 1. The molecule has 0 aliphatic carbocycles. The number of carbonyl (C=O) groups excluding carboxylic acids is 2. The van der Waals surface area contributed by atoms with Gasteiger partial charge in [0.15, 0.2) is 0 Å². The minimum atomic E-state index is -4.06. The summed E-state index contributed by atoms with van der Waals surface area (Å²) in [5.41, 5.74) is 0.646. The van der Waals surface area contributed by atoms with Gasteiger partial charge < -0.3 is 14.7 Å². The van der Waals surface area contributed by atoms with E-state index in [9.17, 15) is 28.4 Å². The molecule has 32 heavy (non-hydrogen) atoms. The summed E-state index contributed by atoms with van der Waals surface area (Å²) in [5.74, 6) is -2.53. The van der Waals surface area contributed by atoms with Crippen molar-refractivity contribution in [1.29, 1.82) is 5.26 Å². The second-order valence-electron chi connectivity index (χ2n) is 7.12. The molecule has 168 valence electrons. The Kier molecular flexibility index (Phi) is 6.59. The average Bonchev–Trinajstić information content (AvgIpc) is 2.68. The molecule has 3 heterocycles. The van der Waals surface area contributed by atoms with Gasteiger partial charge in [0.2, 0.25) is 15.9 Å². The van der Waals surface area contributed by atoms with Gasteiger partial charge in [0.1, 0.15) is 23.4 Å². The minimum Gasteiger partial charge on any atom is -0.506 e. The zero-order valence-corrected chi connectivity index (χ0v) is 18.2. The van der Waals surface area contributed by atoms with Gasteiger partial charge in [-0.25, -0.2) is 18.2 Å². The predicted molar refractivity (Wildman–Crippen MR) is 112 cm³/mol. The number of esters is 1. The number of amides is 1. The number of aryl methyl sites for hydroxylation is 1. The van der Waals surface area contributed by atoms with Crippen molar-refractivity contribution in [2.45, 2.75) is 19.6 Å². The fourth-order valence-corrected chi connectivity index (χ4v) is 4.27. The number of pyridine rings is 2. The maximum absolute atomic E-state index is 12.4. The van der Waals surface area contributed by atoms with E-state index in [-0.39, 0.29) is 42.3 Å². The minimum absolute atomic E-state index is 0.0666. The maximum Gasteiger partial charge on any atom is 0.340 e. The van der Waals surface area contributed by atoms with E-state index in [0.717, 1.165) is 0 Å². The number of carbonyl (C=O) groups is 2. The monoisotopic (exact) mass is 459 g/mol. The van der Waals surface area contributed by atoms with Gasteiger partial charge in [-0.3, -0.25) is 14.5 Å². The lowest BCUT2D eigenvalue weighted by Gasteiger charge is -2.39. The molecular weight excluding hydrogens is 438 g/mol. The first-order valence-electron chi connectivity index (χ1n) is 9.66. The SMILES string of the molecule is CCOC(=O)c1cc(C#N)c(N2CC(C(=O)NS(=O)(=O)Cc3ncccc3O)C2)nc1C. The van der Waals surface area contributed by atoms with Crippen LogP contribution in [0.1, 0.15) is 34.2 Å². The van der Waals surface area contributed by atoms with Crippen LogP contribution in [0.5, 0.6) is 5.75 Å². The highest BCUT2D eigenvalue weighted by atomic mass is 32.2. The Balaban J connectivity index is 1.66. The number of nitrogens with one attached hydrogen (secondary N) is 1. The van der Waals surface area contributed by atoms with Gasteiger partial charge in [-0.15, -0.1) is 0 Å². The van der Waals surface area contributed by atoms with Crippen LogP contribution in [0.4, 0.5) is 5.82 Å². The molecule has 11 nitrogen and oxygen atoms in total. The third-order valence-corrected chi connectivity index (χ3v) is 5.98. The Hall–Kier alpha value is -3.72. The Labute approximate surface area is 184 Å². The van der Waals surface area contributed by atoms with Crippen LogP contribution in [0, 0.1) is 24.2 Å². The normalized spacial score (nSPS) is 13.7. The molecular formula is C20H21N5O6S. The van der Waals surface area contributed by atoms with E-state index < -0.39 is 33.6 Å². The average molecular weight is 459 g/mol. The molecule has 1 saturated heterocycles. The molecule has 0 aromatic carbocycles. The van der Waals surface area contributed by atoms with E-state index >= 15 is 0 Å². The van der Waals surface area contributed by atoms with Gasteiger partial charge in [-0.05, 0) is 32.0 Å². The van der Waals surface area contributed by atoms with E-state index in [4.69, 9.17) is 4.74 Å². The fraction of sp³-hybridized carbons (Fsp3) is 0.350. The zero-order chi connectivity index (χ0) is 23.5. The number of anilines is 1. The lowest BCUT2D eigenvalue weighted by atomic mass is 9.98. The number of ether oxygens (including phenoxy) is 1.